The van der Waals surface area contributed by atoms with E-state index in [-0.39, 0.29) is 11.6 Å². The van der Waals surface area contributed by atoms with Gasteiger partial charge in [0, 0.05) is 18.3 Å². The van der Waals surface area contributed by atoms with Crippen molar-refractivity contribution in [2.24, 2.45) is 0 Å². The van der Waals surface area contributed by atoms with E-state index in [1.807, 2.05) is 29.9 Å². The largest absolute Gasteiger partial charge is 0.347 e. The topological polar surface area (TPSA) is 127 Å². The van der Waals surface area contributed by atoms with E-state index >= 15 is 0 Å². The molecule has 1 saturated carbocycles. The Balaban J connectivity index is 1.12. The number of rotatable bonds is 8. The first-order valence-corrected chi connectivity index (χ1v) is 12.9. The van der Waals surface area contributed by atoms with E-state index in [1.165, 1.54) is 6.20 Å². The number of hydrogen-bond acceptors (Lipinski definition) is 8. The molecule has 2 fully saturated rings. The van der Waals surface area contributed by atoms with Crippen LogP contribution in [0.15, 0.2) is 43.0 Å². The Morgan fingerprint density at radius 3 is 2.71 bits per heavy atom. The lowest BCUT2D eigenvalue weighted by molar-refractivity contribution is 0.0945. The predicted octanol–water partition coefficient (Wildman–Crippen LogP) is 3.31. The average molecular weight is 517 g/mol. The molecule has 1 aliphatic carbocycles. The summed E-state index contributed by atoms with van der Waals surface area (Å²) in [6.45, 7) is 4.19. The van der Waals surface area contributed by atoms with Crippen LogP contribution in [-0.2, 0) is 6.54 Å². The fraction of sp³-hybridized carbons (Fsp3) is 0.385. The number of anilines is 2. The number of aromatic nitrogens is 7. The zero-order valence-electron chi connectivity index (χ0n) is 21.1. The van der Waals surface area contributed by atoms with Gasteiger partial charge in [-0.2, -0.15) is 5.10 Å². The van der Waals surface area contributed by atoms with E-state index < -0.39 is 5.82 Å². The molecule has 3 N–H and O–H groups in total. The van der Waals surface area contributed by atoms with Crippen LogP contribution in [0, 0.1) is 12.7 Å². The molecule has 12 heteroatoms. The molecule has 6 rings (SSSR count). The van der Waals surface area contributed by atoms with Gasteiger partial charge in [0.2, 0.25) is 5.95 Å². The molecule has 1 aromatic carbocycles. The molecule has 1 saturated heterocycles. The molecule has 0 bridgehead atoms. The molecule has 0 radical (unpaired) electrons. The normalized spacial score (nSPS) is 15.9. The van der Waals surface area contributed by atoms with Crippen molar-refractivity contribution in [2.75, 3.05) is 18.4 Å². The van der Waals surface area contributed by atoms with Crippen molar-refractivity contribution in [2.45, 2.75) is 51.2 Å². The van der Waals surface area contributed by atoms with Gasteiger partial charge in [0.1, 0.15) is 5.69 Å². The number of amides is 1. The number of carbonyl (C=O) groups is 1. The average Bonchev–Trinajstić information content (AvgIpc) is 3.47. The lowest BCUT2D eigenvalue weighted by Gasteiger charge is -2.22. The van der Waals surface area contributed by atoms with Crippen LogP contribution in [0.5, 0.6) is 0 Å². The van der Waals surface area contributed by atoms with Gasteiger partial charge in [-0.3, -0.25) is 9.48 Å². The van der Waals surface area contributed by atoms with E-state index in [4.69, 9.17) is 0 Å². The van der Waals surface area contributed by atoms with Crippen molar-refractivity contribution in [1.29, 1.82) is 0 Å². The minimum atomic E-state index is -0.514. The fourth-order valence-electron chi connectivity index (χ4n) is 4.64. The summed E-state index contributed by atoms with van der Waals surface area (Å²) in [5.74, 6) is -0.499. The Morgan fingerprint density at radius 2 is 1.92 bits per heavy atom. The summed E-state index contributed by atoms with van der Waals surface area (Å²) in [4.78, 5) is 21.0. The van der Waals surface area contributed by atoms with Crippen LogP contribution in [0.3, 0.4) is 0 Å². The zero-order chi connectivity index (χ0) is 26.1. The Hall–Kier alpha value is -4.19. The maximum absolute atomic E-state index is 14.7. The maximum Gasteiger partial charge on any atom is 0.273 e. The van der Waals surface area contributed by atoms with Crippen LogP contribution in [-0.4, -0.2) is 53.7 Å². The number of carbonyl (C=O) groups excluding carboxylic acids is 1. The monoisotopic (exact) mass is 516 g/mol. The second-order valence-corrected chi connectivity index (χ2v) is 9.84. The second kappa shape index (κ2) is 10.3. The summed E-state index contributed by atoms with van der Waals surface area (Å²) in [5.41, 5.74) is 3.69. The van der Waals surface area contributed by atoms with Gasteiger partial charge in [-0.15, -0.1) is 5.10 Å². The van der Waals surface area contributed by atoms with E-state index in [1.54, 1.807) is 23.1 Å². The standard InChI is InChI=1S/C26H29FN10O/c1-16-10-17(2-3-18(16)11-29-25(38)23-15-37(35-34-23)20-4-5-20)24-22(27)13-30-26(33-24)32-19-12-31-36(14-19)21-6-8-28-9-7-21/h2-3,10,12-15,20-21,28H,4-9,11H2,1H3,(H,29,38)(H,30,32,33). The summed E-state index contributed by atoms with van der Waals surface area (Å²) < 4.78 is 18.4. The minimum absolute atomic E-state index is 0.198. The quantitative estimate of drug-likeness (QED) is 0.326. The van der Waals surface area contributed by atoms with Gasteiger partial charge >= 0.3 is 0 Å². The molecular formula is C26H29FN10O. The number of hydrogen-bond donors (Lipinski definition) is 3. The minimum Gasteiger partial charge on any atom is -0.347 e. The van der Waals surface area contributed by atoms with Gasteiger partial charge in [0.05, 0.1) is 36.4 Å². The molecule has 0 unspecified atom stereocenters. The highest BCUT2D eigenvalue weighted by Crippen LogP contribution is 2.33. The second-order valence-electron chi connectivity index (χ2n) is 9.84. The fourth-order valence-corrected chi connectivity index (χ4v) is 4.64. The molecule has 4 heterocycles. The van der Waals surface area contributed by atoms with Crippen LogP contribution < -0.4 is 16.0 Å². The Morgan fingerprint density at radius 1 is 1.11 bits per heavy atom. The molecule has 1 amide bonds. The van der Waals surface area contributed by atoms with Crippen molar-refractivity contribution in [3.8, 4) is 11.3 Å². The molecule has 1 aliphatic heterocycles. The van der Waals surface area contributed by atoms with E-state index in [0.717, 1.165) is 55.6 Å². The van der Waals surface area contributed by atoms with Crippen molar-refractivity contribution >= 4 is 17.5 Å². The van der Waals surface area contributed by atoms with E-state index in [9.17, 15) is 9.18 Å². The predicted molar refractivity (Wildman–Crippen MR) is 138 cm³/mol. The first-order chi connectivity index (χ1) is 18.5. The van der Waals surface area contributed by atoms with Crippen LogP contribution in [0.2, 0.25) is 0 Å². The molecule has 38 heavy (non-hydrogen) atoms. The first-order valence-electron chi connectivity index (χ1n) is 12.9. The highest BCUT2D eigenvalue weighted by atomic mass is 19.1. The SMILES string of the molecule is Cc1cc(-c2nc(Nc3cnn(C4CCNCC4)c3)ncc2F)ccc1CNC(=O)c1cn(C2CC2)nn1. The molecule has 11 nitrogen and oxygen atoms in total. The van der Waals surface area contributed by atoms with E-state index in [0.29, 0.717) is 35.8 Å². The number of nitrogens with one attached hydrogen (secondary N) is 3. The number of piperidine rings is 1. The zero-order valence-corrected chi connectivity index (χ0v) is 21.1. The first kappa shape index (κ1) is 24.2. The van der Waals surface area contributed by atoms with Crippen LogP contribution in [0.4, 0.5) is 16.0 Å². The van der Waals surface area contributed by atoms with Gasteiger partial charge in [-0.1, -0.05) is 17.3 Å². The van der Waals surface area contributed by atoms with Crippen LogP contribution >= 0.6 is 0 Å². The maximum atomic E-state index is 14.7. The molecule has 3 aromatic heterocycles. The summed E-state index contributed by atoms with van der Waals surface area (Å²) >= 11 is 0. The highest BCUT2D eigenvalue weighted by molar-refractivity contribution is 5.91. The van der Waals surface area contributed by atoms with Crippen molar-refractivity contribution < 1.29 is 9.18 Å². The number of benzene rings is 1. The number of halogens is 1. The molecule has 4 aromatic rings. The molecular weight excluding hydrogens is 487 g/mol. The van der Waals surface area contributed by atoms with Gasteiger partial charge in [-0.25, -0.2) is 19.0 Å². The van der Waals surface area contributed by atoms with E-state index in [2.05, 4.69) is 41.3 Å². The molecule has 0 atom stereocenters. The Kier molecular flexibility index (Phi) is 6.54. The van der Waals surface area contributed by atoms with Crippen LogP contribution in [0.25, 0.3) is 11.3 Å². The third-order valence-electron chi connectivity index (χ3n) is 7.00. The van der Waals surface area contributed by atoms with Gasteiger partial charge in [0.15, 0.2) is 11.5 Å². The molecule has 196 valence electrons. The Bertz CT molecular complexity index is 1450. The summed E-state index contributed by atoms with van der Waals surface area (Å²) in [5, 5.41) is 21.9. The molecule has 2 aliphatic rings. The van der Waals surface area contributed by atoms with Crippen molar-refractivity contribution in [3.05, 3.63) is 65.6 Å². The highest BCUT2D eigenvalue weighted by Gasteiger charge is 2.26. The Labute approximate surface area is 218 Å². The number of aryl methyl sites for hydroxylation is 1. The smallest absolute Gasteiger partial charge is 0.273 e. The van der Waals surface area contributed by atoms with Crippen molar-refractivity contribution in [1.82, 2.24) is 45.4 Å². The lowest BCUT2D eigenvalue weighted by atomic mass is 10.0. The third kappa shape index (κ3) is 5.25. The summed E-state index contributed by atoms with van der Waals surface area (Å²) in [7, 11) is 0. The number of nitrogens with zero attached hydrogens (tertiary/aromatic N) is 7. The lowest BCUT2D eigenvalue weighted by Crippen LogP contribution is -2.29. The molecule has 0 spiro atoms. The van der Waals surface area contributed by atoms with Crippen LogP contribution in [0.1, 0.15) is 59.4 Å². The third-order valence-corrected chi connectivity index (χ3v) is 7.00. The van der Waals surface area contributed by atoms with Crippen molar-refractivity contribution in [3.63, 3.8) is 0 Å². The summed E-state index contributed by atoms with van der Waals surface area (Å²) in [6.07, 6.45) is 10.7. The van der Waals surface area contributed by atoms with Gasteiger partial charge < -0.3 is 16.0 Å². The van der Waals surface area contributed by atoms with Gasteiger partial charge in [-0.05, 0) is 62.9 Å². The van der Waals surface area contributed by atoms with Gasteiger partial charge in [0.25, 0.3) is 5.91 Å². The summed E-state index contributed by atoms with van der Waals surface area (Å²) in [6, 6.07) is 6.24.